The van der Waals surface area contributed by atoms with Gasteiger partial charge in [0.25, 0.3) is 5.91 Å². The Morgan fingerprint density at radius 1 is 1.21 bits per heavy atom. The molecule has 1 saturated heterocycles. The van der Waals surface area contributed by atoms with Gasteiger partial charge in [0.15, 0.2) is 0 Å². The first-order chi connectivity index (χ1) is 11.6. The Morgan fingerprint density at radius 3 is 2.54 bits per heavy atom. The van der Waals surface area contributed by atoms with E-state index in [2.05, 4.69) is 10.2 Å². The summed E-state index contributed by atoms with van der Waals surface area (Å²) in [4.78, 5) is 24.8. The van der Waals surface area contributed by atoms with Gasteiger partial charge in [0.05, 0.1) is 23.0 Å². The zero-order valence-corrected chi connectivity index (χ0v) is 13.8. The number of hydrogen-bond donors (Lipinski definition) is 1. The molecule has 1 aromatic heterocycles. The third kappa shape index (κ3) is 3.90. The predicted octanol–water partition coefficient (Wildman–Crippen LogP) is 2.42. The number of nitrogens with zero attached hydrogens (tertiary/aromatic N) is 2. The Balaban J connectivity index is 1.55. The highest BCUT2D eigenvalue weighted by Gasteiger charge is 2.15. The largest absolute Gasteiger partial charge is 0.378 e. The maximum Gasteiger partial charge on any atom is 0.324 e. The van der Waals surface area contributed by atoms with Crippen LogP contribution in [0.5, 0.6) is 0 Å². The summed E-state index contributed by atoms with van der Waals surface area (Å²) >= 11 is 0.876. The molecule has 2 heterocycles. The molecule has 1 aromatic carbocycles. The van der Waals surface area contributed by atoms with Crippen LogP contribution >= 0.6 is 11.3 Å². The van der Waals surface area contributed by atoms with E-state index < -0.39 is 4.92 Å². The number of ether oxygens (including phenoxy) is 1. The van der Waals surface area contributed by atoms with E-state index in [0.29, 0.717) is 11.4 Å². The molecular weight excluding hydrogens is 330 g/mol. The second-order valence-corrected chi connectivity index (χ2v) is 6.41. The lowest BCUT2D eigenvalue weighted by Gasteiger charge is -2.28. The lowest BCUT2D eigenvalue weighted by Crippen LogP contribution is -2.36. The molecule has 126 valence electrons. The molecule has 8 heteroatoms. The van der Waals surface area contributed by atoms with Crippen molar-refractivity contribution in [2.24, 2.45) is 0 Å². The summed E-state index contributed by atoms with van der Waals surface area (Å²) in [7, 11) is 0. The number of anilines is 1. The zero-order chi connectivity index (χ0) is 16.9. The average Bonchev–Trinajstić information content (AvgIpc) is 3.11. The van der Waals surface area contributed by atoms with Crippen molar-refractivity contribution < 1.29 is 14.5 Å². The molecule has 0 radical (unpaired) electrons. The second kappa shape index (κ2) is 7.41. The van der Waals surface area contributed by atoms with Crippen molar-refractivity contribution in [3.63, 3.8) is 0 Å². The van der Waals surface area contributed by atoms with Crippen molar-refractivity contribution in [2.75, 3.05) is 31.2 Å². The van der Waals surface area contributed by atoms with Gasteiger partial charge in [-0.2, -0.15) is 0 Å². The molecule has 1 fully saturated rings. The minimum Gasteiger partial charge on any atom is -0.378 e. The molecule has 2 aromatic rings. The van der Waals surface area contributed by atoms with E-state index in [1.54, 1.807) is 0 Å². The number of carbonyl (C=O) groups is 1. The highest BCUT2D eigenvalue weighted by atomic mass is 32.1. The lowest BCUT2D eigenvalue weighted by molar-refractivity contribution is -0.380. The van der Waals surface area contributed by atoms with Gasteiger partial charge in [-0.05, 0) is 23.8 Å². The SMILES string of the molecule is O=C(NCc1ccc(N2CCOCC2)cc1)c1ccc([N+](=O)[O-])s1. The molecule has 1 aliphatic heterocycles. The summed E-state index contributed by atoms with van der Waals surface area (Å²) in [5.41, 5.74) is 2.12. The van der Waals surface area contributed by atoms with E-state index in [-0.39, 0.29) is 10.9 Å². The summed E-state index contributed by atoms with van der Waals surface area (Å²) in [5.74, 6) is -0.301. The number of rotatable bonds is 5. The number of thiophene rings is 1. The smallest absolute Gasteiger partial charge is 0.324 e. The first-order valence-electron chi connectivity index (χ1n) is 7.57. The molecule has 7 nitrogen and oxygen atoms in total. The molecule has 0 spiro atoms. The van der Waals surface area contributed by atoms with Crippen LogP contribution in [0, 0.1) is 10.1 Å². The Labute approximate surface area is 143 Å². The third-order valence-electron chi connectivity index (χ3n) is 3.76. The fraction of sp³-hybridized carbons (Fsp3) is 0.312. The average molecular weight is 347 g/mol. The second-order valence-electron chi connectivity index (χ2n) is 5.34. The van der Waals surface area contributed by atoms with Crippen molar-refractivity contribution in [3.05, 3.63) is 57.0 Å². The van der Waals surface area contributed by atoms with Crippen LogP contribution in [0.4, 0.5) is 10.7 Å². The van der Waals surface area contributed by atoms with Crippen molar-refractivity contribution in [3.8, 4) is 0 Å². The molecule has 24 heavy (non-hydrogen) atoms. The Morgan fingerprint density at radius 2 is 1.92 bits per heavy atom. The first kappa shape index (κ1) is 16.4. The van der Waals surface area contributed by atoms with Gasteiger partial charge in [0, 0.05) is 31.4 Å². The van der Waals surface area contributed by atoms with Crippen molar-refractivity contribution in [1.29, 1.82) is 0 Å². The molecule has 1 amide bonds. The summed E-state index contributed by atoms with van der Waals surface area (Å²) in [6, 6.07) is 10.8. The number of carbonyl (C=O) groups excluding carboxylic acids is 1. The molecule has 0 unspecified atom stereocenters. The number of hydrogen-bond acceptors (Lipinski definition) is 6. The van der Waals surface area contributed by atoms with Crippen LogP contribution in [0.25, 0.3) is 0 Å². The number of nitro groups is 1. The van der Waals surface area contributed by atoms with Gasteiger partial charge in [0.2, 0.25) is 0 Å². The Bertz CT molecular complexity index is 723. The van der Waals surface area contributed by atoms with Crippen molar-refractivity contribution in [1.82, 2.24) is 5.32 Å². The van der Waals surface area contributed by atoms with E-state index >= 15 is 0 Å². The topological polar surface area (TPSA) is 84.7 Å². The minimum absolute atomic E-state index is 0.0324. The Kier molecular flexibility index (Phi) is 5.07. The minimum atomic E-state index is -0.494. The van der Waals surface area contributed by atoms with Gasteiger partial charge in [-0.25, -0.2) is 0 Å². The van der Waals surface area contributed by atoms with Gasteiger partial charge in [-0.1, -0.05) is 23.5 Å². The standard InChI is InChI=1S/C16H17N3O4S/c20-16(14-5-6-15(24-14)19(21)22)17-11-12-1-3-13(4-2-12)18-7-9-23-10-8-18/h1-6H,7-11H2,(H,17,20). The molecule has 0 saturated carbocycles. The lowest BCUT2D eigenvalue weighted by atomic mass is 10.2. The van der Waals surface area contributed by atoms with Crippen LogP contribution in [0.15, 0.2) is 36.4 Å². The number of amides is 1. The van der Waals surface area contributed by atoms with Crippen LogP contribution in [-0.4, -0.2) is 37.1 Å². The summed E-state index contributed by atoms with van der Waals surface area (Å²) in [6.07, 6.45) is 0. The highest BCUT2D eigenvalue weighted by molar-refractivity contribution is 7.17. The molecular formula is C16H17N3O4S. The zero-order valence-electron chi connectivity index (χ0n) is 12.9. The van der Waals surface area contributed by atoms with E-state index in [1.807, 2.05) is 24.3 Å². The summed E-state index contributed by atoms with van der Waals surface area (Å²) in [5, 5.41) is 13.4. The van der Waals surface area contributed by atoms with Gasteiger partial charge >= 0.3 is 5.00 Å². The molecule has 3 rings (SSSR count). The van der Waals surface area contributed by atoms with E-state index in [4.69, 9.17) is 4.74 Å². The maximum atomic E-state index is 12.0. The van der Waals surface area contributed by atoms with Crippen molar-refractivity contribution in [2.45, 2.75) is 6.54 Å². The van der Waals surface area contributed by atoms with Gasteiger partial charge < -0.3 is 15.0 Å². The number of benzene rings is 1. The third-order valence-corrected chi connectivity index (χ3v) is 4.80. The van der Waals surface area contributed by atoms with E-state index in [1.165, 1.54) is 12.1 Å². The predicted molar refractivity (Wildman–Crippen MR) is 91.6 cm³/mol. The molecule has 1 aliphatic rings. The van der Waals surface area contributed by atoms with Crippen molar-refractivity contribution >= 4 is 27.9 Å². The quantitative estimate of drug-likeness (QED) is 0.663. The van der Waals surface area contributed by atoms with E-state index in [9.17, 15) is 14.9 Å². The normalized spacial score (nSPS) is 14.4. The van der Waals surface area contributed by atoms with E-state index in [0.717, 1.165) is 48.9 Å². The number of morpholine rings is 1. The van der Waals surface area contributed by atoms with Crippen LogP contribution in [0.1, 0.15) is 15.2 Å². The van der Waals surface area contributed by atoms with Crippen LogP contribution in [-0.2, 0) is 11.3 Å². The Hall–Kier alpha value is -2.45. The first-order valence-corrected chi connectivity index (χ1v) is 8.39. The molecule has 0 aliphatic carbocycles. The fourth-order valence-corrected chi connectivity index (χ4v) is 3.20. The number of nitrogens with one attached hydrogen (secondary N) is 1. The van der Waals surface area contributed by atoms with Gasteiger partial charge in [-0.3, -0.25) is 14.9 Å². The summed E-state index contributed by atoms with van der Waals surface area (Å²) < 4.78 is 5.34. The molecule has 1 N–H and O–H groups in total. The van der Waals surface area contributed by atoms with Crippen LogP contribution in [0.2, 0.25) is 0 Å². The van der Waals surface area contributed by atoms with Gasteiger partial charge in [0.1, 0.15) is 0 Å². The maximum absolute atomic E-state index is 12.0. The summed E-state index contributed by atoms with van der Waals surface area (Å²) in [6.45, 7) is 3.63. The van der Waals surface area contributed by atoms with Crippen LogP contribution < -0.4 is 10.2 Å². The highest BCUT2D eigenvalue weighted by Crippen LogP contribution is 2.24. The van der Waals surface area contributed by atoms with Crippen LogP contribution in [0.3, 0.4) is 0 Å². The van der Waals surface area contributed by atoms with Gasteiger partial charge in [-0.15, -0.1) is 0 Å². The molecule has 0 atom stereocenters. The fourth-order valence-electron chi connectivity index (χ4n) is 2.46. The molecule has 0 bridgehead atoms. The monoisotopic (exact) mass is 347 g/mol.